The molecule has 0 radical (unpaired) electrons. The van der Waals surface area contributed by atoms with Crippen LogP contribution < -0.4 is 10.1 Å². The van der Waals surface area contributed by atoms with E-state index in [0.717, 1.165) is 17.0 Å². The summed E-state index contributed by atoms with van der Waals surface area (Å²) >= 11 is 0. The van der Waals surface area contributed by atoms with Gasteiger partial charge in [0.1, 0.15) is 5.75 Å². The molecular formula is C17H21N3O3. The van der Waals surface area contributed by atoms with Crippen molar-refractivity contribution in [1.29, 1.82) is 0 Å². The monoisotopic (exact) mass is 315 g/mol. The first-order chi connectivity index (χ1) is 11.0. The summed E-state index contributed by atoms with van der Waals surface area (Å²) in [5, 5.41) is 3.16. The molecule has 0 fully saturated rings. The van der Waals surface area contributed by atoms with E-state index in [1.807, 2.05) is 38.1 Å². The zero-order valence-corrected chi connectivity index (χ0v) is 13.8. The number of rotatable bonds is 6. The van der Waals surface area contributed by atoms with E-state index in [-0.39, 0.29) is 5.69 Å². The Balaban J connectivity index is 2.20. The third-order valence-corrected chi connectivity index (χ3v) is 3.39. The molecule has 23 heavy (non-hydrogen) atoms. The standard InChI is InChI=1S/C17H21N3O3/c1-5-23-17(21)15-16(20-12(3)11(2)19-15)18-10-13-6-8-14(22-4)9-7-13/h6-9H,5,10H2,1-4H3,(H,18,20). The fourth-order valence-corrected chi connectivity index (χ4v) is 2.00. The minimum Gasteiger partial charge on any atom is -0.497 e. The summed E-state index contributed by atoms with van der Waals surface area (Å²) in [5.41, 5.74) is 2.74. The van der Waals surface area contributed by atoms with Gasteiger partial charge in [0.05, 0.1) is 25.1 Å². The molecule has 0 atom stereocenters. The van der Waals surface area contributed by atoms with Crippen molar-refractivity contribution < 1.29 is 14.3 Å². The van der Waals surface area contributed by atoms with Gasteiger partial charge in [0.2, 0.25) is 0 Å². The minimum atomic E-state index is -0.472. The van der Waals surface area contributed by atoms with Gasteiger partial charge in [-0.2, -0.15) is 0 Å². The maximum absolute atomic E-state index is 12.0. The van der Waals surface area contributed by atoms with E-state index in [4.69, 9.17) is 9.47 Å². The smallest absolute Gasteiger partial charge is 0.360 e. The van der Waals surface area contributed by atoms with Crippen molar-refractivity contribution in [3.63, 3.8) is 0 Å². The number of hydrogen-bond donors (Lipinski definition) is 1. The molecule has 1 aromatic carbocycles. The Kier molecular flexibility index (Phi) is 5.51. The van der Waals surface area contributed by atoms with Gasteiger partial charge in [0.25, 0.3) is 0 Å². The SMILES string of the molecule is CCOC(=O)c1nc(C)c(C)nc1NCc1ccc(OC)cc1. The molecule has 1 aromatic heterocycles. The van der Waals surface area contributed by atoms with Gasteiger partial charge in [-0.15, -0.1) is 0 Å². The number of esters is 1. The average molecular weight is 315 g/mol. The Morgan fingerprint density at radius 1 is 1.13 bits per heavy atom. The zero-order chi connectivity index (χ0) is 16.8. The lowest BCUT2D eigenvalue weighted by molar-refractivity contribution is 0.0520. The van der Waals surface area contributed by atoms with Crippen molar-refractivity contribution in [3.05, 3.63) is 46.9 Å². The Morgan fingerprint density at radius 2 is 1.78 bits per heavy atom. The summed E-state index contributed by atoms with van der Waals surface area (Å²) in [6, 6.07) is 7.67. The molecule has 0 aliphatic carbocycles. The van der Waals surface area contributed by atoms with E-state index in [1.165, 1.54) is 0 Å². The predicted molar refractivity (Wildman–Crippen MR) is 87.8 cm³/mol. The minimum absolute atomic E-state index is 0.212. The van der Waals surface area contributed by atoms with Crippen LogP contribution in [-0.4, -0.2) is 29.7 Å². The van der Waals surface area contributed by atoms with Gasteiger partial charge >= 0.3 is 5.97 Å². The lowest BCUT2D eigenvalue weighted by Gasteiger charge is -2.12. The molecule has 122 valence electrons. The Hall–Kier alpha value is -2.63. The van der Waals surface area contributed by atoms with Crippen molar-refractivity contribution in [2.24, 2.45) is 0 Å². The zero-order valence-electron chi connectivity index (χ0n) is 13.8. The fourth-order valence-electron chi connectivity index (χ4n) is 2.00. The van der Waals surface area contributed by atoms with E-state index in [9.17, 15) is 4.79 Å². The molecule has 2 rings (SSSR count). The average Bonchev–Trinajstić information content (AvgIpc) is 2.56. The molecule has 2 aromatic rings. The van der Waals surface area contributed by atoms with Crippen molar-refractivity contribution in [3.8, 4) is 5.75 Å². The second-order valence-electron chi connectivity index (χ2n) is 5.01. The molecular weight excluding hydrogens is 294 g/mol. The highest BCUT2D eigenvalue weighted by Gasteiger charge is 2.17. The molecule has 0 saturated heterocycles. The second kappa shape index (κ2) is 7.58. The Bertz CT molecular complexity index is 684. The van der Waals surface area contributed by atoms with E-state index in [0.29, 0.717) is 24.7 Å². The highest BCUT2D eigenvalue weighted by molar-refractivity contribution is 5.92. The van der Waals surface area contributed by atoms with Crippen LogP contribution in [0.4, 0.5) is 5.82 Å². The van der Waals surface area contributed by atoms with Gasteiger partial charge in [-0.1, -0.05) is 12.1 Å². The van der Waals surface area contributed by atoms with E-state index in [1.54, 1.807) is 14.0 Å². The Labute approximate surface area is 135 Å². The summed E-state index contributed by atoms with van der Waals surface area (Å²) in [6.45, 7) is 6.25. The number of benzene rings is 1. The summed E-state index contributed by atoms with van der Waals surface area (Å²) in [4.78, 5) is 20.8. The van der Waals surface area contributed by atoms with Crippen LogP contribution in [0.25, 0.3) is 0 Å². The van der Waals surface area contributed by atoms with Crippen molar-refractivity contribution in [2.45, 2.75) is 27.3 Å². The largest absolute Gasteiger partial charge is 0.497 e. The normalized spacial score (nSPS) is 10.3. The molecule has 0 aliphatic rings. The number of carbonyl (C=O) groups is 1. The van der Waals surface area contributed by atoms with Crippen LogP contribution in [0.1, 0.15) is 34.4 Å². The Morgan fingerprint density at radius 3 is 2.39 bits per heavy atom. The summed E-state index contributed by atoms with van der Waals surface area (Å²) in [6.07, 6.45) is 0. The van der Waals surface area contributed by atoms with Gasteiger partial charge in [-0.3, -0.25) is 0 Å². The number of ether oxygens (including phenoxy) is 2. The first-order valence-corrected chi connectivity index (χ1v) is 7.44. The maximum atomic E-state index is 12.0. The quantitative estimate of drug-likeness (QED) is 0.826. The third kappa shape index (κ3) is 4.18. The predicted octanol–water partition coefficient (Wildman–Crippen LogP) is 2.89. The molecule has 0 spiro atoms. The molecule has 0 saturated carbocycles. The molecule has 0 amide bonds. The lowest BCUT2D eigenvalue weighted by atomic mass is 10.2. The molecule has 0 bridgehead atoms. The van der Waals surface area contributed by atoms with Crippen molar-refractivity contribution in [1.82, 2.24) is 9.97 Å². The topological polar surface area (TPSA) is 73.3 Å². The molecule has 6 heteroatoms. The van der Waals surface area contributed by atoms with Gasteiger partial charge in [0, 0.05) is 6.54 Å². The van der Waals surface area contributed by atoms with Gasteiger partial charge in [-0.05, 0) is 38.5 Å². The van der Waals surface area contributed by atoms with Crippen LogP contribution >= 0.6 is 0 Å². The van der Waals surface area contributed by atoms with E-state index < -0.39 is 5.97 Å². The van der Waals surface area contributed by atoms with Crippen LogP contribution in [0, 0.1) is 13.8 Å². The number of nitrogens with zero attached hydrogens (tertiary/aromatic N) is 2. The fraction of sp³-hybridized carbons (Fsp3) is 0.353. The van der Waals surface area contributed by atoms with Gasteiger partial charge in [-0.25, -0.2) is 14.8 Å². The van der Waals surface area contributed by atoms with E-state index >= 15 is 0 Å². The van der Waals surface area contributed by atoms with Crippen molar-refractivity contribution in [2.75, 3.05) is 19.0 Å². The molecule has 0 unspecified atom stereocenters. The number of aryl methyl sites for hydroxylation is 2. The molecule has 6 nitrogen and oxygen atoms in total. The summed E-state index contributed by atoms with van der Waals surface area (Å²) in [5.74, 6) is 0.759. The van der Waals surface area contributed by atoms with Gasteiger partial charge in [0.15, 0.2) is 11.5 Å². The number of anilines is 1. The molecule has 1 heterocycles. The third-order valence-electron chi connectivity index (χ3n) is 3.39. The van der Waals surface area contributed by atoms with Crippen LogP contribution in [0.3, 0.4) is 0 Å². The highest BCUT2D eigenvalue weighted by atomic mass is 16.5. The van der Waals surface area contributed by atoms with Gasteiger partial charge < -0.3 is 14.8 Å². The van der Waals surface area contributed by atoms with E-state index in [2.05, 4.69) is 15.3 Å². The molecule has 0 aliphatic heterocycles. The van der Waals surface area contributed by atoms with Crippen LogP contribution in [0.5, 0.6) is 5.75 Å². The van der Waals surface area contributed by atoms with Crippen LogP contribution in [0.2, 0.25) is 0 Å². The number of carbonyl (C=O) groups excluding carboxylic acids is 1. The maximum Gasteiger partial charge on any atom is 0.360 e. The number of hydrogen-bond acceptors (Lipinski definition) is 6. The number of methoxy groups -OCH3 is 1. The highest BCUT2D eigenvalue weighted by Crippen LogP contribution is 2.17. The first kappa shape index (κ1) is 16.7. The lowest BCUT2D eigenvalue weighted by Crippen LogP contribution is -2.15. The number of aromatic nitrogens is 2. The summed E-state index contributed by atoms with van der Waals surface area (Å²) < 4.78 is 10.2. The number of nitrogens with one attached hydrogen (secondary N) is 1. The van der Waals surface area contributed by atoms with Crippen molar-refractivity contribution >= 4 is 11.8 Å². The van der Waals surface area contributed by atoms with Crippen LogP contribution in [-0.2, 0) is 11.3 Å². The first-order valence-electron chi connectivity index (χ1n) is 7.44. The van der Waals surface area contributed by atoms with Crippen LogP contribution in [0.15, 0.2) is 24.3 Å². The molecule has 1 N–H and O–H groups in total. The second-order valence-corrected chi connectivity index (χ2v) is 5.01. The summed E-state index contributed by atoms with van der Waals surface area (Å²) in [7, 11) is 1.63.